The molecule has 2 N–H and O–H groups in total. The Morgan fingerprint density at radius 3 is 2.31 bits per heavy atom. The van der Waals surface area contributed by atoms with Gasteiger partial charge in [-0.3, -0.25) is 9.59 Å². The third kappa shape index (κ3) is 3.63. The molecule has 0 spiro atoms. The molecule has 2 aliphatic heterocycles. The van der Waals surface area contributed by atoms with E-state index in [1.807, 2.05) is 6.92 Å². The number of alkyl halides is 2. The summed E-state index contributed by atoms with van der Waals surface area (Å²) >= 11 is 0. The van der Waals surface area contributed by atoms with Gasteiger partial charge in [0.2, 0.25) is 11.8 Å². The van der Waals surface area contributed by atoms with E-state index in [0.29, 0.717) is 18.4 Å². The van der Waals surface area contributed by atoms with Gasteiger partial charge in [-0.25, -0.2) is 13.2 Å². The Hall–Kier alpha value is -2.09. The number of carbonyl (C=O) groups excluding carboxylic acids is 2. The van der Waals surface area contributed by atoms with Crippen LogP contribution in [0.15, 0.2) is 12.1 Å². The van der Waals surface area contributed by atoms with Crippen LogP contribution in [0.4, 0.5) is 13.2 Å². The summed E-state index contributed by atoms with van der Waals surface area (Å²) in [4.78, 5) is 28.8. The van der Waals surface area contributed by atoms with Crippen LogP contribution < -0.4 is 5.73 Å². The molecule has 5 nitrogen and oxygen atoms in total. The molecular formula is C21H26F3N3O2. The molecule has 8 heteroatoms. The van der Waals surface area contributed by atoms with Crippen LogP contribution in [0.3, 0.4) is 0 Å². The monoisotopic (exact) mass is 409 g/mol. The van der Waals surface area contributed by atoms with E-state index in [1.165, 1.54) is 6.07 Å². The average Bonchev–Trinajstić information content (AvgIpc) is 2.92. The maximum absolute atomic E-state index is 14.0. The second-order valence-electron chi connectivity index (χ2n) is 8.52. The second kappa shape index (κ2) is 7.31. The van der Waals surface area contributed by atoms with Gasteiger partial charge in [0.05, 0.1) is 17.2 Å². The largest absolute Gasteiger partial charge is 0.366 e. The first-order valence-corrected chi connectivity index (χ1v) is 10.3. The number of nitrogens with two attached hydrogens (primary N) is 1. The smallest absolute Gasteiger partial charge is 0.255 e. The third-order valence-corrected chi connectivity index (χ3v) is 6.81. The van der Waals surface area contributed by atoms with Gasteiger partial charge in [0.25, 0.3) is 5.91 Å². The zero-order chi connectivity index (χ0) is 20.9. The van der Waals surface area contributed by atoms with Crippen molar-refractivity contribution in [2.24, 2.45) is 5.73 Å². The fraction of sp³-hybridized carbons (Fsp3) is 0.619. The molecule has 29 heavy (non-hydrogen) atoms. The molecule has 1 aliphatic carbocycles. The first kappa shape index (κ1) is 20.2. The number of hydrogen-bond acceptors (Lipinski definition) is 3. The van der Waals surface area contributed by atoms with Crippen LogP contribution in [0, 0.1) is 5.82 Å². The van der Waals surface area contributed by atoms with Gasteiger partial charge in [0.1, 0.15) is 5.82 Å². The van der Waals surface area contributed by atoms with Crippen LogP contribution >= 0.6 is 0 Å². The van der Waals surface area contributed by atoms with Crippen molar-refractivity contribution in [3.63, 3.8) is 0 Å². The molecular weight excluding hydrogens is 383 g/mol. The van der Waals surface area contributed by atoms with E-state index >= 15 is 0 Å². The Morgan fingerprint density at radius 1 is 1.10 bits per heavy atom. The number of likely N-dealkylation sites (tertiary alicyclic amines) is 1. The molecule has 2 amide bonds. The summed E-state index contributed by atoms with van der Waals surface area (Å²) in [6, 6.07) is 2.14. The van der Waals surface area contributed by atoms with Gasteiger partial charge < -0.3 is 15.5 Å². The number of fused-ring (bicyclic) bond motifs is 1. The number of rotatable bonds is 3. The van der Waals surface area contributed by atoms with Gasteiger partial charge in [-0.15, -0.1) is 0 Å². The minimum absolute atomic E-state index is 0.0324. The molecule has 1 aromatic rings. The van der Waals surface area contributed by atoms with E-state index < -0.39 is 17.6 Å². The van der Waals surface area contributed by atoms with Gasteiger partial charge in [-0.2, -0.15) is 0 Å². The minimum Gasteiger partial charge on any atom is -0.366 e. The first-order chi connectivity index (χ1) is 13.7. The van der Waals surface area contributed by atoms with Crippen molar-refractivity contribution in [1.82, 2.24) is 9.80 Å². The van der Waals surface area contributed by atoms with Gasteiger partial charge in [-0.1, -0.05) is 0 Å². The first-order valence-electron chi connectivity index (χ1n) is 10.3. The predicted octanol–water partition coefficient (Wildman–Crippen LogP) is 3.48. The Balaban J connectivity index is 1.46. The number of carbonyl (C=O) groups is 2. The summed E-state index contributed by atoms with van der Waals surface area (Å²) in [5.41, 5.74) is 6.01. The lowest BCUT2D eigenvalue weighted by Gasteiger charge is -2.43. The highest BCUT2D eigenvalue weighted by Crippen LogP contribution is 2.40. The highest BCUT2D eigenvalue weighted by Gasteiger charge is 2.43. The molecule has 1 atom stereocenters. The summed E-state index contributed by atoms with van der Waals surface area (Å²) in [7, 11) is 0. The summed E-state index contributed by atoms with van der Waals surface area (Å²) in [5, 5.41) is 0. The number of hydrogen-bond donors (Lipinski definition) is 1. The summed E-state index contributed by atoms with van der Waals surface area (Å²) in [6.45, 7) is 3.32. The molecule has 2 fully saturated rings. The standard InChI is InChI=1S/C21H26F3N3O2/c1-12-16-10-13(22)11-17(19(25)28)18(16)20(29)27(12)15-4-8-26(9-5-15)14-2-6-21(23,24)7-3-14/h10-12,14-15H,2-9H2,1H3,(H2,25,28). The molecule has 0 bridgehead atoms. The van der Waals surface area contributed by atoms with Crippen LogP contribution in [0.25, 0.3) is 0 Å². The quantitative estimate of drug-likeness (QED) is 0.831. The van der Waals surface area contributed by atoms with E-state index in [9.17, 15) is 22.8 Å². The molecule has 0 aromatic heterocycles. The van der Waals surface area contributed by atoms with Crippen LogP contribution in [0.5, 0.6) is 0 Å². The molecule has 0 radical (unpaired) electrons. The minimum atomic E-state index is -2.54. The normalized spacial score (nSPS) is 26.0. The molecule has 1 saturated carbocycles. The Labute approximate surface area is 168 Å². The van der Waals surface area contributed by atoms with Crippen molar-refractivity contribution < 1.29 is 22.8 Å². The van der Waals surface area contributed by atoms with Gasteiger partial charge >= 0.3 is 0 Å². The Morgan fingerprint density at radius 2 is 1.72 bits per heavy atom. The lowest BCUT2D eigenvalue weighted by Crippen LogP contribution is -2.50. The fourth-order valence-electron chi connectivity index (χ4n) is 5.25. The predicted molar refractivity (Wildman–Crippen MR) is 101 cm³/mol. The van der Waals surface area contributed by atoms with Crippen LogP contribution in [0.2, 0.25) is 0 Å². The highest BCUT2D eigenvalue weighted by molar-refractivity contribution is 6.09. The van der Waals surface area contributed by atoms with Crippen LogP contribution in [0.1, 0.15) is 77.8 Å². The van der Waals surface area contributed by atoms with Gasteiger partial charge in [-0.05, 0) is 50.3 Å². The third-order valence-electron chi connectivity index (χ3n) is 6.81. The average molecular weight is 409 g/mol. The maximum atomic E-state index is 14.0. The maximum Gasteiger partial charge on any atom is 0.255 e. The fourth-order valence-corrected chi connectivity index (χ4v) is 5.25. The topological polar surface area (TPSA) is 66.6 Å². The van der Waals surface area contributed by atoms with Crippen molar-refractivity contribution in [3.8, 4) is 0 Å². The van der Waals surface area contributed by atoms with Gasteiger partial charge in [0, 0.05) is 38.0 Å². The second-order valence-corrected chi connectivity index (χ2v) is 8.52. The molecule has 1 aromatic carbocycles. The number of piperidine rings is 1. The van der Waals surface area contributed by atoms with E-state index in [2.05, 4.69) is 4.90 Å². The van der Waals surface area contributed by atoms with E-state index in [-0.39, 0.29) is 48.0 Å². The number of nitrogens with zero attached hydrogens (tertiary/aromatic N) is 2. The lowest BCUT2D eigenvalue weighted by molar-refractivity contribution is -0.0577. The Kier molecular flexibility index (Phi) is 5.09. The van der Waals surface area contributed by atoms with Crippen molar-refractivity contribution in [1.29, 1.82) is 0 Å². The van der Waals surface area contributed by atoms with E-state index in [0.717, 1.165) is 32.0 Å². The van der Waals surface area contributed by atoms with Crippen LogP contribution in [-0.4, -0.2) is 52.7 Å². The molecule has 2 heterocycles. The Bertz CT molecular complexity index is 827. The number of primary amides is 1. The molecule has 1 unspecified atom stereocenters. The summed E-state index contributed by atoms with van der Waals surface area (Å²) < 4.78 is 40.8. The lowest BCUT2D eigenvalue weighted by atomic mass is 9.89. The number of halogens is 3. The van der Waals surface area contributed by atoms with Crippen LogP contribution in [-0.2, 0) is 0 Å². The zero-order valence-electron chi connectivity index (χ0n) is 16.5. The SMILES string of the molecule is CC1c2cc(F)cc(C(N)=O)c2C(=O)N1C1CCN(C2CCC(F)(F)CC2)CC1. The molecule has 1 saturated heterocycles. The zero-order valence-corrected chi connectivity index (χ0v) is 16.5. The molecule has 4 rings (SSSR count). The van der Waals surface area contributed by atoms with E-state index in [1.54, 1.807) is 4.90 Å². The summed E-state index contributed by atoms with van der Waals surface area (Å²) in [6.07, 6.45) is 2.34. The van der Waals surface area contributed by atoms with Crippen molar-refractivity contribution >= 4 is 11.8 Å². The number of amides is 2. The van der Waals surface area contributed by atoms with Crippen molar-refractivity contribution in [3.05, 3.63) is 34.6 Å². The van der Waals surface area contributed by atoms with Crippen molar-refractivity contribution in [2.75, 3.05) is 13.1 Å². The molecule has 158 valence electrons. The van der Waals surface area contributed by atoms with Crippen molar-refractivity contribution in [2.45, 2.75) is 69.5 Å². The summed E-state index contributed by atoms with van der Waals surface area (Å²) in [5.74, 6) is -4.21. The van der Waals surface area contributed by atoms with Gasteiger partial charge in [0.15, 0.2) is 0 Å². The highest BCUT2D eigenvalue weighted by atomic mass is 19.3. The number of benzene rings is 1. The van der Waals surface area contributed by atoms with E-state index in [4.69, 9.17) is 5.73 Å². The molecule has 3 aliphatic rings.